The average Bonchev–Trinajstić information content (AvgIpc) is 3.11. The Kier molecular flexibility index (Phi) is 6.94. The van der Waals surface area contributed by atoms with Gasteiger partial charge in [-0.1, -0.05) is 26.0 Å². The molecule has 0 saturated carbocycles. The molecule has 3 N–H and O–H groups in total. The molecule has 1 aromatic carbocycles. The molecule has 0 fully saturated rings. The molecule has 2 aromatic rings. The number of aliphatic imine (C=N–C) groups is 1. The van der Waals surface area contributed by atoms with Gasteiger partial charge in [-0.2, -0.15) is 0 Å². The van der Waals surface area contributed by atoms with E-state index in [1.807, 2.05) is 24.3 Å². The van der Waals surface area contributed by atoms with E-state index in [0.29, 0.717) is 24.6 Å². The van der Waals surface area contributed by atoms with Crippen LogP contribution in [0.2, 0.25) is 0 Å². The molecule has 0 spiro atoms. The summed E-state index contributed by atoms with van der Waals surface area (Å²) < 4.78 is 0. The Balaban J connectivity index is 1.84. The summed E-state index contributed by atoms with van der Waals surface area (Å²) in [5.74, 6) is 1.08. The summed E-state index contributed by atoms with van der Waals surface area (Å²) in [6, 6.07) is 7.49. The molecule has 1 heterocycles. The molecule has 0 aliphatic rings. The fourth-order valence-electron chi connectivity index (χ4n) is 2.16. The lowest BCUT2D eigenvalue weighted by atomic mass is 10.1. The smallest absolute Gasteiger partial charge is 0.251 e. The van der Waals surface area contributed by atoms with Gasteiger partial charge in [0.15, 0.2) is 5.96 Å². The van der Waals surface area contributed by atoms with Crippen molar-refractivity contribution < 1.29 is 4.79 Å². The van der Waals surface area contributed by atoms with E-state index in [9.17, 15) is 4.79 Å². The minimum Gasteiger partial charge on any atom is -0.355 e. The summed E-state index contributed by atoms with van der Waals surface area (Å²) in [6.07, 6.45) is 0. The molecule has 0 saturated heterocycles. The topological polar surface area (TPSA) is 78.4 Å². The molecule has 2 rings (SSSR count). The van der Waals surface area contributed by atoms with Gasteiger partial charge in [-0.05, 0) is 23.6 Å². The Morgan fingerprint density at radius 1 is 1.20 bits per heavy atom. The highest BCUT2D eigenvalue weighted by atomic mass is 32.1. The number of carbonyl (C=O) groups excluding carboxylic acids is 1. The molecule has 25 heavy (non-hydrogen) atoms. The van der Waals surface area contributed by atoms with Gasteiger partial charge in [0.1, 0.15) is 5.01 Å². The molecule has 0 atom stereocenters. The van der Waals surface area contributed by atoms with Crippen LogP contribution >= 0.6 is 11.3 Å². The second-order valence-electron chi connectivity index (χ2n) is 5.88. The summed E-state index contributed by atoms with van der Waals surface area (Å²) in [5, 5.41) is 12.3. The lowest BCUT2D eigenvalue weighted by Crippen LogP contribution is -2.36. The number of benzene rings is 1. The molecule has 0 radical (unpaired) electrons. The van der Waals surface area contributed by atoms with E-state index >= 15 is 0 Å². The Morgan fingerprint density at radius 3 is 2.44 bits per heavy atom. The summed E-state index contributed by atoms with van der Waals surface area (Å²) >= 11 is 1.66. The van der Waals surface area contributed by atoms with Crippen molar-refractivity contribution >= 4 is 23.2 Å². The third-order valence-electron chi connectivity index (χ3n) is 3.69. The van der Waals surface area contributed by atoms with Crippen LogP contribution in [0.3, 0.4) is 0 Å². The maximum atomic E-state index is 11.5. The van der Waals surface area contributed by atoms with Crippen LogP contribution in [0.4, 0.5) is 0 Å². The predicted octanol–water partition coefficient (Wildman–Crippen LogP) is 2.49. The van der Waals surface area contributed by atoms with E-state index in [0.717, 1.165) is 22.2 Å². The zero-order valence-corrected chi connectivity index (χ0v) is 15.9. The van der Waals surface area contributed by atoms with Gasteiger partial charge in [0.25, 0.3) is 5.91 Å². The lowest BCUT2D eigenvalue weighted by molar-refractivity contribution is 0.0963. The van der Waals surface area contributed by atoms with Crippen molar-refractivity contribution in [2.75, 3.05) is 14.1 Å². The van der Waals surface area contributed by atoms with Crippen LogP contribution in [0.15, 0.2) is 34.6 Å². The maximum Gasteiger partial charge on any atom is 0.251 e. The van der Waals surface area contributed by atoms with Crippen LogP contribution in [-0.4, -0.2) is 30.9 Å². The lowest BCUT2D eigenvalue weighted by Gasteiger charge is -2.11. The quantitative estimate of drug-likeness (QED) is 0.547. The first kappa shape index (κ1) is 18.9. The number of rotatable bonds is 6. The van der Waals surface area contributed by atoms with Crippen LogP contribution in [0, 0.1) is 0 Å². The van der Waals surface area contributed by atoms with Gasteiger partial charge < -0.3 is 16.0 Å². The number of carbonyl (C=O) groups is 1. The van der Waals surface area contributed by atoms with Gasteiger partial charge >= 0.3 is 0 Å². The van der Waals surface area contributed by atoms with Gasteiger partial charge in [0.2, 0.25) is 0 Å². The highest BCUT2D eigenvalue weighted by Crippen LogP contribution is 2.17. The van der Waals surface area contributed by atoms with E-state index in [4.69, 9.17) is 0 Å². The van der Waals surface area contributed by atoms with Crippen molar-refractivity contribution in [2.24, 2.45) is 4.99 Å². The molecule has 0 aliphatic heterocycles. The van der Waals surface area contributed by atoms with E-state index in [1.54, 1.807) is 25.4 Å². The van der Waals surface area contributed by atoms with Crippen LogP contribution in [0.5, 0.6) is 0 Å². The van der Waals surface area contributed by atoms with Crippen LogP contribution < -0.4 is 16.0 Å². The Hall–Kier alpha value is -2.41. The van der Waals surface area contributed by atoms with Gasteiger partial charge in [-0.25, -0.2) is 4.98 Å². The van der Waals surface area contributed by atoms with E-state index in [2.05, 4.69) is 45.2 Å². The number of nitrogens with one attached hydrogen (secondary N) is 3. The SMILES string of the molecule is CN=C(NCc1ccc(C(=O)NC)cc1)NCc1nc(C(C)C)cs1. The van der Waals surface area contributed by atoms with Crippen LogP contribution in [0.1, 0.15) is 46.4 Å². The first-order chi connectivity index (χ1) is 12.0. The molecule has 1 amide bonds. The van der Waals surface area contributed by atoms with Crippen LogP contribution in [-0.2, 0) is 13.1 Å². The van der Waals surface area contributed by atoms with Crippen molar-refractivity contribution in [3.63, 3.8) is 0 Å². The van der Waals surface area contributed by atoms with Crippen molar-refractivity contribution in [1.82, 2.24) is 20.9 Å². The molecular weight excluding hydrogens is 334 g/mol. The minimum atomic E-state index is -0.0822. The van der Waals surface area contributed by atoms with E-state index < -0.39 is 0 Å². The number of guanidine groups is 1. The number of hydrogen-bond donors (Lipinski definition) is 3. The van der Waals surface area contributed by atoms with E-state index in [1.165, 1.54) is 0 Å². The molecule has 0 unspecified atom stereocenters. The molecule has 7 heteroatoms. The normalized spacial score (nSPS) is 11.5. The van der Waals surface area contributed by atoms with Crippen molar-refractivity contribution in [3.8, 4) is 0 Å². The number of thiazole rings is 1. The number of nitrogens with zero attached hydrogens (tertiary/aromatic N) is 2. The molecule has 6 nitrogen and oxygen atoms in total. The second-order valence-corrected chi connectivity index (χ2v) is 6.82. The highest BCUT2D eigenvalue weighted by Gasteiger charge is 2.07. The van der Waals surface area contributed by atoms with E-state index in [-0.39, 0.29) is 5.91 Å². The maximum absolute atomic E-state index is 11.5. The summed E-state index contributed by atoms with van der Waals surface area (Å²) in [4.78, 5) is 20.4. The monoisotopic (exact) mass is 359 g/mol. The molecule has 1 aromatic heterocycles. The van der Waals surface area contributed by atoms with Gasteiger partial charge in [-0.3, -0.25) is 9.79 Å². The molecule has 0 bridgehead atoms. The summed E-state index contributed by atoms with van der Waals surface area (Å²) in [6.45, 7) is 5.56. The largest absolute Gasteiger partial charge is 0.355 e. The zero-order chi connectivity index (χ0) is 18.2. The third-order valence-corrected chi connectivity index (χ3v) is 4.56. The summed E-state index contributed by atoms with van der Waals surface area (Å²) in [5.41, 5.74) is 2.85. The first-order valence-electron chi connectivity index (χ1n) is 8.23. The number of hydrogen-bond acceptors (Lipinski definition) is 4. The third kappa shape index (κ3) is 5.56. The second kappa shape index (κ2) is 9.17. The average molecular weight is 359 g/mol. The fraction of sp³-hybridized carbons (Fsp3) is 0.389. The standard InChI is InChI=1S/C18H25N5OS/c1-12(2)15-11-25-16(23-15)10-22-18(20-4)21-9-13-5-7-14(8-6-13)17(24)19-3/h5-8,11-12H,9-10H2,1-4H3,(H,19,24)(H2,20,21,22). The predicted molar refractivity (Wildman–Crippen MR) is 103 cm³/mol. The van der Waals surface area contributed by atoms with Gasteiger partial charge in [0.05, 0.1) is 12.2 Å². The van der Waals surface area contributed by atoms with Crippen LogP contribution in [0.25, 0.3) is 0 Å². The number of aromatic nitrogens is 1. The highest BCUT2D eigenvalue weighted by molar-refractivity contribution is 7.09. The minimum absolute atomic E-state index is 0.0822. The fourth-order valence-corrected chi connectivity index (χ4v) is 3.05. The van der Waals surface area contributed by atoms with Crippen molar-refractivity contribution in [2.45, 2.75) is 32.9 Å². The molecule has 0 aliphatic carbocycles. The first-order valence-corrected chi connectivity index (χ1v) is 9.11. The van der Waals surface area contributed by atoms with Crippen molar-refractivity contribution in [3.05, 3.63) is 51.5 Å². The Bertz CT molecular complexity index is 721. The Labute approximate surface area is 152 Å². The molecule has 134 valence electrons. The number of amides is 1. The summed E-state index contributed by atoms with van der Waals surface area (Å²) in [7, 11) is 3.37. The molecular formula is C18H25N5OS. The van der Waals surface area contributed by atoms with Gasteiger partial charge in [-0.15, -0.1) is 11.3 Å². The Morgan fingerprint density at radius 2 is 1.88 bits per heavy atom. The van der Waals surface area contributed by atoms with Crippen molar-refractivity contribution in [1.29, 1.82) is 0 Å². The van der Waals surface area contributed by atoms with Gasteiger partial charge in [0, 0.05) is 31.6 Å². The zero-order valence-electron chi connectivity index (χ0n) is 15.1.